The molecule has 2 unspecified atom stereocenters. The second kappa shape index (κ2) is 5.54. The van der Waals surface area contributed by atoms with E-state index >= 15 is 0 Å². The number of nitrogens with zero attached hydrogens (tertiary/aromatic N) is 1. The lowest BCUT2D eigenvalue weighted by atomic mass is 9.95. The second-order valence-corrected chi connectivity index (χ2v) is 5.99. The minimum atomic E-state index is -0.271. The summed E-state index contributed by atoms with van der Waals surface area (Å²) < 4.78 is 0. The van der Waals surface area contributed by atoms with Crippen LogP contribution in [0.25, 0.3) is 0 Å². The summed E-state index contributed by atoms with van der Waals surface area (Å²) in [4.78, 5) is 14.4. The van der Waals surface area contributed by atoms with Crippen molar-refractivity contribution in [1.29, 1.82) is 0 Å². The van der Waals surface area contributed by atoms with Crippen LogP contribution in [0, 0.1) is 5.92 Å². The maximum Gasteiger partial charge on any atom is 0.253 e. The van der Waals surface area contributed by atoms with Crippen molar-refractivity contribution in [3.05, 3.63) is 34.9 Å². The van der Waals surface area contributed by atoms with Crippen LogP contribution in [-0.4, -0.2) is 41.7 Å². The average molecular weight is 274 g/mol. The highest BCUT2D eigenvalue weighted by Crippen LogP contribution is 2.21. The first-order valence-electron chi connectivity index (χ1n) is 7.45. The van der Waals surface area contributed by atoms with E-state index in [4.69, 9.17) is 0 Å². The maximum absolute atomic E-state index is 12.6. The van der Waals surface area contributed by atoms with E-state index in [-0.39, 0.29) is 17.9 Å². The Bertz CT molecular complexity index is 515. The van der Waals surface area contributed by atoms with Gasteiger partial charge >= 0.3 is 0 Å². The van der Waals surface area contributed by atoms with Gasteiger partial charge in [-0.05, 0) is 48.6 Å². The molecule has 4 nitrogen and oxygen atoms in total. The number of fused-ring (bicyclic) bond motifs is 1. The van der Waals surface area contributed by atoms with Crippen LogP contribution in [-0.2, 0) is 13.0 Å². The van der Waals surface area contributed by atoms with Crippen LogP contribution in [0.15, 0.2) is 18.2 Å². The predicted octanol–water partition coefficient (Wildman–Crippen LogP) is 1.18. The monoisotopic (exact) mass is 274 g/mol. The third-order valence-corrected chi connectivity index (χ3v) is 4.49. The molecule has 3 rings (SSSR count). The van der Waals surface area contributed by atoms with Crippen molar-refractivity contribution in [2.24, 2.45) is 5.92 Å². The fraction of sp³-hybridized carbons (Fsp3) is 0.562. The molecule has 108 valence electrons. The summed E-state index contributed by atoms with van der Waals surface area (Å²) in [6, 6.07) is 6.06. The number of hydrogen-bond acceptors (Lipinski definition) is 3. The molecule has 2 heterocycles. The van der Waals surface area contributed by atoms with Gasteiger partial charge in [0, 0.05) is 25.2 Å². The lowest BCUT2D eigenvalue weighted by molar-refractivity contribution is 0.0297. The number of nitrogens with one attached hydrogen (secondary N) is 1. The first kappa shape index (κ1) is 13.6. The van der Waals surface area contributed by atoms with Crippen molar-refractivity contribution in [3.8, 4) is 0 Å². The number of aliphatic hydroxyl groups is 1. The fourth-order valence-electron chi connectivity index (χ4n) is 3.11. The molecule has 1 amide bonds. The van der Waals surface area contributed by atoms with E-state index in [9.17, 15) is 9.90 Å². The van der Waals surface area contributed by atoms with E-state index in [0.29, 0.717) is 19.5 Å². The van der Waals surface area contributed by atoms with Gasteiger partial charge in [0.05, 0.1) is 6.10 Å². The van der Waals surface area contributed by atoms with E-state index < -0.39 is 0 Å². The summed E-state index contributed by atoms with van der Waals surface area (Å²) in [5.74, 6) is 0.254. The summed E-state index contributed by atoms with van der Waals surface area (Å²) in [7, 11) is 0. The molecular weight excluding hydrogens is 252 g/mol. The molecule has 2 aliphatic rings. The van der Waals surface area contributed by atoms with Crippen LogP contribution >= 0.6 is 0 Å². The van der Waals surface area contributed by atoms with Crippen LogP contribution in [0.3, 0.4) is 0 Å². The summed E-state index contributed by atoms with van der Waals surface area (Å²) in [6.45, 7) is 5.17. The van der Waals surface area contributed by atoms with Gasteiger partial charge < -0.3 is 15.3 Å². The molecule has 2 aliphatic heterocycles. The number of benzene rings is 1. The molecule has 4 heteroatoms. The summed E-state index contributed by atoms with van der Waals surface area (Å²) in [5.41, 5.74) is 3.37. The fourth-order valence-corrected chi connectivity index (χ4v) is 3.11. The van der Waals surface area contributed by atoms with Gasteiger partial charge in [-0.1, -0.05) is 13.0 Å². The quantitative estimate of drug-likeness (QED) is 0.808. The molecule has 0 spiro atoms. The minimum absolute atomic E-state index is 0.0946. The van der Waals surface area contributed by atoms with Crippen molar-refractivity contribution >= 4 is 5.91 Å². The molecule has 0 aromatic heterocycles. The normalized spacial score (nSPS) is 26.2. The second-order valence-electron chi connectivity index (χ2n) is 5.99. The van der Waals surface area contributed by atoms with Crippen LogP contribution < -0.4 is 5.32 Å². The lowest BCUT2D eigenvalue weighted by Gasteiger charge is -2.34. The van der Waals surface area contributed by atoms with Crippen molar-refractivity contribution in [2.75, 3.05) is 19.6 Å². The molecule has 20 heavy (non-hydrogen) atoms. The number of carbonyl (C=O) groups is 1. The zero-order chi connectivity index (χ0) is 14.1. The molecule has 1 aromatic carbocycles. The SMILES string of the molecule is CC1CN(C(=O)c2ccc3c(c2)CNCC3)CCC1O. The van der Waals surface area contributed by atoms with Gasteiger partial charge in [0.25, 0.3) is 5.91 Å². The van der Waals surface area contributed by atoms with Gasteiger partial charge in [0.2, 0.25) is 0 Å². The van der Waals surface area contributed by atoms with Crippen molar-refractivity contribution < 1.29 is 9.90 Å². The molecule has 0 saturated carbocycles. The molecular formula is C16H22N2O2. The largest absolute Gasteiger partial charge is 0.393 e. The first-order valence-corrected chi connectivity index (χ1v) is 7.45. The van der Waals surface area contributed by atoms with Crippen LogP contribution in [0.5, 0.6) is 0 Å². The average Bonchev–Trinajstić information content (AvgIpc) is 2.49. The smallest absolute Gasteiger partial charge is 0.253 e. The number of amides is 1. The number of hydrogen-bond donors (Lipinski definition) is 2. The van der Waals surface area contributed by atoms with Crippen LogP contribution in [0.4, 0.5) is 0 Å². The van der Waals surface area contributed by atoms with Gasteiger partial charge in [-0.15, -0.1) is 0 Å². The summed E-state index contributed by atoms with van der Waals surface area (Å²) >= 11 is 0. The Morgan fingerprint density at radius 3 is 3.05 bits per heavy atom. The first-order chi connectivity index (χ1) is 9.65. The van der Waals surface area contributed by atoms with E-state index in [1.54, 1.807) is 0 Å². The van der Waals surface area contributed by atoms with E-state index in [1.807, 2.05) is 24.0 Å². The van der Waals surface area contributed by atoms with Gasteiger partial charge in [-0.25, -0.2) is 0 Å². The van der Waals surface area contributed by atoms with E-state index in [2.05, 4.69) is 11.4 Å². The highest BCUT2D eigenvalue weighted by atomic mass is 16.3. The Balaban J connectivity index is 1.77. The van der Waals surface area contributed by atoms with E-state index in [1.165, 1.54) is 11.1 Å². The maximum atomic E-state index is 12.6. The van der Waals surface area contributed by atoms with Crippen molar-refractivity contribution in [2.45, 2.75) is 32.4 Å². The molecule has 1 aromatic rings. The Morgan fingerprint density at radius 2 is 2.25 bits per heavy atom. The topological polar surface area (TPSA) is 52.6 Å². The number of likely N-dealkylation sites (tertiary alicyclic amines) is 1. The van der Waals surface area contributed by atoms with E-state index in [0.717, 1.165) is 25.1 Å². The van der Waals surface area contributed by atoms with Gasteiger partial charge in [-0.3, -0.25) is 4.79 Å². The Kier molecular flexibility index (Phi) is 3.76. The third kappa shape index (κ3) is 2.58. The summed E-state index contributed by atoms with van der Waals surface area (Å²) in [5, 5.41) is 13.1. The van der Waals surface area contributed by atoms with Gasteiger partial charge in [0.15, 0.2) is 0 Å². The third-order valence-electron chi connectivity index (χ3n) is 4.49. The summed E-state index contributed by atoms with van der Waals surface area (Å²) in [6.07, 6.45) is 1.45. The number of carbonyl (C=O) groups excluding carboxylic acids is 1. The minimum Gasteiger partial charge on any atom is -0.393 e. The van der Waals surface area contributed by atoms with Crippen molar-refractivity contribution in [1.82, 2.24) is 10.2 Å². The Labute approximate surface area is 119 Å². The number of rotatable bonds is 1. The van der Waals surface area contributed by atoms with Crippen LogP contribution in [0.2, 0.25) is 0 Å². The van der Waals surface area contributed by atoms with Gasteiger partial charge in [0.1, 0.15) is 0 Å². The standard InChI is InChI=1S/C16H22N2O2/c1-11-10-18(7-5-15(11)19)16(20)13-3-2-12-4-6-17-9-14(12)8-13/h2-3,8,11,15,17,19H,4-7,9-10H2,1H3. The highest BCUT2D eigenvalue weighted by molar-refractivity contribution is 5.94. The molecule has 0 bridgehead atoms. The zero-order valence-electron chi connectivity index (χ0n) is 11.9. The van der Waals surface area contributed by atoms with Crippen LogP contribution in [0.1, 0.15) is 34.8 Å². The highest BCUT2D eigenvalue weighted by Gasteiger charge is 2.28. The Hall–Kier alpha value is -1.39. The molecule has 2 atom stereocenters. The van der Waals surface area contributed by atoms with Crippen molar-refractivity contribution in [3.63, 3.8) is 0 Å². The molecule has 1 saturated heterocycles. The molecule has 2 N–H and O–H groups in total. The van der Waals surface area contributed by atoms with Gasteiger partial charge in [-0.2, -0.15) is 0 Å². The molecule has 0 radical (unpaired) electrons. The zero-order valence-corrected chi connectivity index (χ0v) is 11.9. The lowest BCUT2D eigenvalue weighted by Crippen LogP contribution is -2.45. The predicted molar refractivity (Wildman–Crippen MR) is 77.5 cm³/mol. The molecule has 0 aliphatic carbocycles. The number of piperidine rings is 1. The molecule has 1 fully saturated rings. The Morgan fingerprint density at radius 1 is 1.40 bits per heavy atom. The number of aliphatic hydroxyl groups excluding tert-OH is 1.